The van der Waals surface area contributed by atoms with Crippen LogP contribution in [0.4, 0.5) is 5.82 Å². The standard InChI is InChI=1S/C50H57N8O7P/c1-35(2)58(36(3)4)66(64-29-13-27-51)65-31-28-57-44(43(49(57)60)32-56-34-54-45-46(52-33-53-47(45)56)55-48(59)37-14-9-7-10-15-37)26-30-63-50(38-16-11-8-12-17-38,39-18-22-41(61-5)23-19-39)40-20-24-42(62-6)25-21-40/h7-12,14-25,33-36,43-44H,13,26,28-32H2,1-6H3,(H,52,53,55,59). The van der Waals surface area contributed by atoms with E-state index in [1.165, 1.54) is 6.33 Å². The number of hydrogen-bond acceptors (Lipinski definition) is 12. The molecule has 2 amide bonds. The number of amides is 2. The Hall–Kier alpha value is -6.27. The zero-order valence-electron chi connectivity index (χ0n) is 38.2. The minimum absolute atomic E-state index is 0.0453. The Balaban J connectivity index is 1.19. The van der Waals surface area contributed by atoms with Crippen molar-refractivity contribution in [3.63, 3.8) is 0 Å². The van der Waals surface area contributed by atoms with E-state index in [1.807, 2.05) is 82.3 Å². The first kappa shape index (κ1) is 47.7. The van der Waals surface area contributed by atoms with E-state index in [0.29, 0.717) is 29.7 Å². The van der Waals surface area contributed by atoms with Gasteiger partial charge in [-0.05, 0) is 87.2 Å². The van der Waals surface area contributed by atoms with Crippen molar-refractivity contribution in [1.82, 2.24) is 29.1 Å². The van der Waals surface area contributed by atoms with E-state index in [-0.39, 0.29) is 68.5 Å². The van der Waals surface area contributed by atoms with Crippen molar-refractivity contribution in [2.75, 3.05) is 45.9 Å². The average molecular weight is 913 g/mol. The minimum Gasteiger partial charge on any atom is -0.497 e. The predicted octanol–water partition coefficient (Wildman–Crippen LogP) is 8.61. The van der Waals surface area contributed by atoms with Crippen molar-refractivity contribution in [3.8, 4) is 17.6 Å². The second-order valence-electron chi connectivity index (χ2n) is 16.3. The number of likely N-dealkylation sites (tertiary alicyclic amines) is 1. The predicted molar refractivity (Wildman–Crippen MR) is 253 cm³/mol. The molecule has 1 aliphatic rings. The number of β-lactam (4-membered cyclic amide) rings is 1. The molecule has 4 aromatic carbocycles. The highest BCUT2D eigenvalue weighted by Gasteiger charge is 2.48. The largest absolute Gasteiger partial charge is 0.497 e. The van der Waals surface area contributed by atoms with E-state index in [0.717, 1.165) is 28.2 Å². The van der Waals surface area contributed by atoms with Gasteiger partial charge in [-0.2, -0.15) is 5.26 Å². The van der Waals surface area contributed by atoms with Crippen LogP contribution >= 0.6 is 8.53 Å². The Morgan fingerprint density at radius 2 is 1.39 bits per heavy atom. The van der Waals surface area contributed by atoms with Crippen molar-refractivity contribution >= 4 is 37.3 Å². The normalized spacial score (nSPS) is 15.5. The summed E-state index contributed by atoms with van der Waals surface area (Å²) in [5, 5.41) is 12.1. The van der Waals surface area contributed by atoms with Crippen LogP contribution in [0.2, 0.25) is 0 Å². The zero-order chi connectivity index (χ0) is 46.6. The maximum atomic E-state index is 14.4. The lowest BCUT2D eigenvalue weighted by atomic mass is 9.79. The topological polar surface area (TPSA) is 166 Å². The molecule has 0 radical (unpaired) electrons. The lowest BCUT2D eigenvalue weighted by Crippen LogP contribution is -2.63. The van der Waals surface area contributed by atoms with Gasteiger partial charge < -0.3 is 38.0 Å². The highest BCUT2D eigenvalue weighted by atomic mass is 31.2. The van der Waals surface area contributed by atoms with Crippen LogP contribution in [0, 0.1) is 17.2 Å². The molecule has 1 fully saturated rings. The van der Waals surface area contributed by atoms with Gasteiger partial charge in [0.15, 0.2) is 17.0 Å². The number of benzene rings is 4. The molecule has 1 saturated heterocycles. The van der Waals surface area contributed by atoms with Gasteiger partial charge in [0, 0.05) is 36.8 Å². The molecular weight excluding hydrogens is 856 g/mol. The van der Waals surface area contributed by atoms with Gasteiger partial charge in [0.05, 0.1) is 58.8 Å². The lowest BCUT2D eigenvalue weighted by molar-refractivity contribution is -0.160. The minimum atomic E-state index is -1.51. The van der Waals surface area contributed by atoms with E-state index in [1.54, 1.807) is 44.8 Å². The summed E-state index contributed by atoms with van der Waals surface area (Å²) in [6, 6.07) is 36.9. The van der Waals surface area contributed by atoms with Crippen molar-refractivity contribution < 1.29 is 32.8 Å². The number of imidazole rings is 1. The van der Waals surface area contributed by atoms with Crippen molar-refractivity contribution in [2.24, 2.45) is 5.92 Å². The molecule has 0 spiro atoms. The number of anilines is 1. The van der Waals surface area contributed by atoms with E-state index in [4.69, 9.17) is 23.3 Å². The number of hydrogen-bond donors (Lipinski definition) is 1. The highest BCUT2D eigenvalue weighted by Crippen LogP contribution is 2.47. The number of nitrogens with one attached hydrogen (secondary N) is 1. The summed E-state index contributed by atoms with van der Waals surface area (Å²) in [7, 11) is 1.77. The molecule has 1 N–H and O–H groups in total. The number of methoxy groups -OCH3 is 2. The summed E-state index contributed by atoms with van der Waals surface area (Å²) in [5.74, 6) is 0.879. The van der Waals surface area contributed by atoms with Crippen LogP contribution in [0.5, 0.6) is 11.5 Å². The van der Waals surface area contributed by atoms with Gasteiger partial charge in [-0.25, -0.2) is 19.6 Å². The molecule has 3 unspecified atom stereocenters. The van der Waals surface area contributed by atoms with Crippen LogP contribution in [0.1, 0.15) is 67.6 Å². The number of rotatable bonds is 23. The first-order valence-corrected chi connectivity index (χ1v) is 23.2. The zero-order valence-corrected chi connectivity index (χ0v) is 39.1. The van der Waals surface area contributed by atoms with Crippen LogP contribution in [0.25, 0.3) is 11.2 Å². The van der Waals surface area contributed by atoms with Gasteiger partial charge in [0.2, 0.25) is 5.91 Å². The molecule has 0 saturated carbocycles. The Morgan fingerprint density at radius 1 is 0.803 bits per heavy atom. The quantitative estimate of drug-likeness (QED) is 0.0282. The summed E-state index contributed by atoms with van der Waals surface area (Å²) >= 11 is 0. The molecule has 3 heterocycles. The smallest absolute Gasteiger partial charge is 0.259 e. The second-order valence-corrected chi connectivity index (χ2v) is 17.8. The molecule has 2 aromatic heterocycles. The Bertz CT molecular complexity index is 2500. The van der Waals surface area contributed by atoms with Crippen LogP contribution in [-0.4, -0.2) is 99.6 Å². The van der Waals surface area contributed by atoms with Gasteiger partial charge >= 0.3 is 0 Å². The molecular formula is C50H57N8O7P. The van der Waals surface area contributed by atoms with E-state index in [2.05, 4.69) is 70.8 Å². The van der Waals surface area contributed by atoms with Crippen LogP contribution in [0.3, 0.4) is 0 Å². The van der Waals surface area contributed by atoms with Crippen molar-refractivity contribution in [2.45, 2.75) is 70.8 Å². The number of ether oxygens (including phenoxy) is 3. The van der Waals surface area contributed by atoms with Gasteiger partial charge in [-0.3, -0.25) is 9.59 Å². The van der Waals surface area contributed by atoms with Crippen molar-refractivity contribution in [3.05, 3.63) is 144 Å². The van der Waals surface area contributed by atoms with Gasteiger partial charge in [0.1, 0.15) is 23.4 Å². The molecule has 7 rings (SSSR count). The molecule has 344 valence electrons. The third-order valence-corrected chi connectivity index (χ3v) is 13.7. The summed E-state index contributed by atoms with van der Waals surface area (Å²) < 4.78 is 35.0. The maximum Gasteiger partial charge on any atom is 0.259 e. The molecule has 1 aliphatic heterocycles. The third kappa shape index (κ3) is 10.5. The fourth-order valence-corrected chi connectivity index (χ4v) is 10.1. The lowest BCUT2D eigenvalue weighted by Gasteiger charge is -2.48. The number of carbonyl (C=O) groups is 2. The SMILES string of the molecule is COc1ccc(C(OCCC2C(Cn3cnc4c(NC(=O)c5ccccc5)ncnc43)C(=O)N2CCOP(OCCC#N)N(C(C)C)C(C)C)(c2ccccc2)c2ccc(OC)cc2)cc1. The number of fused-ring (bicyclic) bond motifs is 1. The molecule has 66 heavy (non-hydrogen) atoms. The van der Waals surface area contributed by atoms with Crippen LogP contribution in [-0.2, 0) is 30.7 Å². The van der Waals surface area contributed by atoms with Crippen LogP contribution in [0.15, 0.2) is 122 Å². The number of nitrogens with zero attached hydrogens (tertiary/aromatic N) is 7. The summed E-state index contributed by atoms with van der Waals surface area (Å²) in [6.45, 7) is 9.67. The summed E-state index contributed by atoms with van der Waals surface area (Å²) in [5.41, 5.74) is 3.05. The summed E-state index contributed by atoms with van der Waals surface area (Å²) in [6.07, 6.45) is 3.74. The first-order valence-electron chi connectivity index (χ1n) is 22.1. The molecule has 16 heteroatoms. The maximum absolute atomic E-state index is 14.4. The number of carbonyl (C=O) groups excluding carboxylic acids is 2. The van der Waals surface area contributed by atoms with Gasteiger partial charge in [-0.1, -0.05) is 72.8 Å². The molecule has 0 aliphatic carbocycles. The molecule has 3 atom stereocenters. The Kier molecular flexibility index (Phi) is 16.1. The third-order valence-electron chi connectivity index (χ3n) is 11.6. The highest BCUT2D eigenvalue weighted by molar-refractivity contribution is 7.44. The average Bonchev–Trinajstić information content (AvgIpc) is 3.76. The number of aromatic nitrogens is 4. The number of nitriles is 1. The fourth-order valence-electron chi connectivity index (χ4n) is 8.53. The first-order chi connectivity index (χ1) is 32.1. The van der Waals surface area contributed by atoms with E-state index in [9.17, 15) is 14.9 Å². The molecule has 15 nitrogen and oxygen atoms in total. The van der Waals surface area contributed by atoms with Crippen molar-refractivity contribution in [1.29, 1.82) is 5.26 Å². The van der Waals surface area contributed by atoms with E-state index >= 15 is 0 Å². The van der Waals surface area contributed by atoms with E-state index < -0.39 is 20.0 Å². The Labute approximate surface area is 387 Å². The fraction of sp³-hybridized carbons (Fsp3) is 0.360. The molecule has 6 aromatic rings. The van der Waals surface area contributed by atoms with Crippen LogP contribution < -0.4 is 14.8 Å². The van der Waals surface area contributed by atoms with Gasteiger partial charge in [-0.15, -0.1) is 0 Å². The second kappa shape index (κ2) is 22.3. The monoisotopic (exact) mass is 912 g/mol. The summed E-state index contributed by atoms with van der Waals surface area (Å²) in [4.78, 5) is 42.8. The Morgan fingerprint density at radius 3 is 1.98 bits per heavy atom. The van der Waals surface area contributed by atoms with Gasteiger partial charge in [0.25, 0.3) is 14.4 Å². The molecule has 0 bridgehead atoms.